The molecule has 1 unspecified atom stereocenters. The van der Waals surface area contributed by atoms with Crippen LogP contribution in [0.3, 0.4) is 0 Å². The smallest absolute Gasteiger partial charge is 0.119 e. The molecule has 1 aliphatic rings. The fourth-order valence-corrected chi connectivity index (χ4v) is 2.68. The highest BCUT2D eigenvalue weighted by Gasteiger charge is 2.24. The average molecular weight is 290 g/mol. The molecular weight excluding hydrogens is 260 g/mol. The van der Waals surface area contributed by atoms with Crippen molar-refractivity contribution >= 4 is 0 Å². The summed E-state index contributed by atoms with van der Waals surface area (Å²) in [4.78, 5) is 2.46. The molecule has 118 valence electrons. The van der Waals surface area contributed by atoms with Crippen molar-refractivity contribution in [1.82, 2.24) is 10.2 Å². The second-order valence-electron chi connectivity index (χ2n) is 6.19. The van der Waals surface area contributed by atoms with E-state index in [-0.39, 0.29) is 0 Å². The Labute approximate surface area is 129 Å². The van der Waals surface area contributed by atoms with Crippen LogP contribution in [0.1, 0.15) is 44.7 Å². The molecule has 21 heavy (non-hydrogen) atoms. The maximum Gasteiger partial charge on any atom is 0.119 e. The Morgan fingerprint density at radius 1 is 1.24 bits per heavy atom. The van der Waals surface area contributed by atoms with E-state index in [9.17, 15) is 0 Å². The second-order valence-corrected chi connectivity index (χ2v) is 6.19. The van der Waals surface area contributed by atoms with Crippen LogP contribution in [-0.2, 0) is 0 Å². The van der Waals surface area contributed by atoms with Crippen LogP contribution in [-0.4, -0.2) is 38.2 Å². The van der Waals surface area contributed by atoms with Gasteiger partial charge in [0, 0.05) is 19.1 Å². The van der Waals surface area contributed by atoms with E-state index in [1.165, 1.54) is 24.9 Å². The summed E-state index contributed by atoms with van der Waals surface area (Å²) < 4.78 is 5.66. The predicted molar refractivity (Wildman–Crippen MR) is 88.9 cm³/mol. The number of likely N-dealkylation sites (N-methyl/N-ethyl adjacent to an activating group) is 2. The molecule has 2 rings (SSSR count). The lowest BCUT2D eigenvalue weighted by Gasteiger charge is -2.25. The van der Waals surface area contributed by atoms with Gasteiger partial charge in [-0.15, -0.1) is 0 Å². The van der Waals surface area contributed by atoms with E-state index in [2.05, 4.69) is 55.4 Å². The lowest BCUT2D eigenvalue weighted by Crippen LogP contribution is -2.34. The van der Waals surface area contributed by atoms with E-state index in [1.54, 1.807) is 0 Å². The van der Waals surface area contributed by atoms with Crippen LogP contribution in [0.25, 0.3) is 0 Å². The molecule has 1 aromatic rings. The molecule has 1 saturated carbocycles. The van der Waals surface area contributed by atoms with E-state index in [0.717, 1.165) is 37.8 Å². The third kappa shape index (κ3) is 5.68. The van der Waals surface area contributed by atoms with Crippen LogP contribution in [0.15, 0.2) is 24.3 Å². The van der Waals surface area contributed by atoms with Gasteiger partial charge in [-0.2, -0.15) is 0 Å². The minimum absolute atomic E-state index is 0.402. The first-order chi connectivity index (χ1) is 10.2. The third-order valence-electron chi connectivity index (χ3n) is 3.97. The Bertz CT molecular complexity index is 400. The number of nitrogens with zero attached hydrogens (tertiary/aromatic N) is 1. The SMILES string of the molecule is CCCOc1ccc(C(CN(C)CC2CC2)NCC)cc1. The molecule has 3 heteroatoms. The fourth-order valence-electron chi connectivity index (χ4n) is 2.68. The van der Waals surface area contributed by atoms with Gasteiger partial charge in [0.25, 0.3) is 0 Å². The number of hydrogen-bond donors (Lipinski definition) is 1. The summed E-state index contributed by atoms with van der Waals surface area (Å²) >= 11 is 0. The molecule has 1 aliphatic carbocycles. The summed E-state index contributed by atoms with van der Waals surface area (Å²) in [6, 6.07) is 8.98. The lowest BCUT2D eigenvalue weighted by atomic mass is 10.1. The third-order valence-corrected chi connectivity index (χ3v) is 3.97. The lowest BCUT2D eigenvalue weighted by molar-refractivity contribution is 0.281. The van der Waals surface area contributed by atoms with Gasteiger partial charge in [-0.3, -0.25) is 0 Å². The molecule has 0 amide bonds. The topological polar surface area (TPSA) is 24.5 Å². The summed E-state index contributed by atoms with van der Waals surface area (Å²) in [6.45, 7) is 8.40. The Morgan fingerprint density at radius 2 is 1.95 bits per heavy atom. The van der Waals surface area contributed by atoms with E-state index in [1.807, 2.05) is 0 Å². The van der Waals surface area contributed by atoms with Gasteiger partial charge in [0.2, 0.25) is 0 Å². The normalized spacial score (nSPS) is 16.2. The highest BCUT2D eigenvalue weighted by Crippen LogP contribution is 2.30. The molecule has 3 nitrogen and oxygen atoms in total. The van der Waals surface area contributed by atoms with Gasteiger partial charge in [0.05, 0.1) is 6.61 Å². The van der Waals surface area contributed by atoms with Crippen molar-refractivity contribution in [2.75, 3.05) is 33.3 Å². The Hall–Kier alpha value is -1.06. The first-order valence-electron chi connectivity index (χ1n) is 8.37. The molecule has 0 saturated heterocycles. The molecule has 0 aliphatic heterocycles. The maximum absolute atomic E-state index is 5.66. The van der Waals surface area contributed by atoms with Crippen molar-refractivity contribution in [2.45, 2.75) is 39.2 Å². The van der Waals surface area contributed by atoms with E-state index >= 15 is 0 Å². The number of ether oxygens (including phenoxy) is 1. The highest BCUT2D eigenvalue weighted by molar-refractivity contribution is 5.29. The summed E-state index contributed by atoms with van der Waals surface area (Å²) in [6.07, 6.45) is 3.88. The Morgan fingerprint density at radius 3 is 2.52 bits per heavy atom. The number of rotatable bonds is 10. The number of nitrogens with one attached hydrogen (secondary N) is 1. The standard InChI is InChI=1S/C18H30N2O/c1-4-12-21-17-10-8-16(9-11-17)18(19-5-2)14-20(3)13-15-6-7-15/h8-11,15,18-19H,4-7,12-14H2,1-3H3. The Kier molecular flexibility index (Phi) is 6.52. The Balaban J connectivity index is 1.92. The van der Waals surface area contributed by atoms with Gasteiger partial charge in [0.1, 0.15) is 5.75 Å². The molecule has 0 bridgehead atoms. The van der Waals surface area contributed by atoms with Gasteiger partial charge in [-0.05, 0) is 56.5 Å². The van der Waals surface area contributed by atoms with Crippen molar-refractivity contribution in [3.63, 3.8) is 0 Å². The van der Waals surface area contributed by atoms with Crippen molar-refractivity contribution in [1.29, 1.82) is 0 Å². The van der Waals surface area contributed by atoms with Crippen LogP contribution in [0.4, 0.5) is 0 Å². The molecular formula is C18H30N2O. The molecule has 1 N–H and O–H groups in total. The summed E-state index contributed by atoms with van der Waals surface area (Å²) in [5.41, 5.74) is 1.35. The first kappa shape index (κ1) is 16.3. The van der Waals surface area contributed by atoms with Crippen LogP contribution in [0.5, 0.6) is 5.75 Å². The highest BCUT2D eigenvalue weighted by atomic mass is 16.5. The summed E-state index contributed by atoms with van der Waals surface area (Å²) in [5, 5.41) is 3.60. The molecule has 1 aromatic carbocycles. The van der Waals surface area contributed by atoms with E-state index in [0.29, 0.717) is 6.04 Å². The predicted octanol–water partition coefficient (Wildman–Crippen LogP) is 3.47. The zero-order chi connectivity index (χ0) is 15.1. The first-order valence-corrected chi connectivity index (χ1v) is 8.37. The summed E-state index contributed by atoms with van der Waals surface area (Å²) in [7, 11) is 2.24. The van der Waals surface area contributed by atoms with Gasteiger partial charge < -0.3 is 15.0 Å². The van der Waals surface area contributed by atoms with Crippen LogP contribution in [0, 0.1) is 5.92 Å². The number of hydrogen-bond acceptors (Lipinski definition) is 3. The number of benzene rings is 1. The van der Waals surface area contributed by atoms with Crippen LogP contribution >= 0.6 is 0 Å². The van der Waals surface area contributed by atoms with Crippen LogP contribution in [0.2, 0.25) is 0 Å². The molecule has 0 aromatic heterocycles. The monoisotopic (exact) mass is 290 g/mol. The minimum atomic E-state index is 0.402. The van der Waals surface area contributed by atoms with Crippen molar-refractivity contribution in [3.05, 3.63) is 29.8 Å². The van der Waals surface area contributed by atoms with E-state index < -0.39 is 0 Å². The zero-order valence-corrected chi connectivity index (χ0v) is 13.8. The molecule has 0 spiro atoms. The molecule has 0 heterocycles. The molecule has 1 fully saturated rings. The van der Waals surface area contributed by atoms with Gasteiger partial charge in [-0.1, -0.05) is 26.0 Å². The largest absolute Gasteiger partial charge is 0.494 e. The molecule has 1 atom stereocenters. The van der Waals surface area contributed by atoms with Crippen LogP contribution < -0.4 is 10.1 Å². The minimum Gasteiger partial charge on any atom is -0.494 e. The van der Waals surface area contributed by atoms with Gasteiger partial charge >= 0.3 is 0 Å². The van der Waals surface area contributed by atoms with Crippen molar-refractivity contribution in [3.8, 4) is 5.75 Å². The zero-order valence-electron chi connectivity index (χ0n) is 13.8. The van der Waals surface area contributed by atoms with E-state index in [4.69, 9.17) is 4.74 Å². The average Bonchev–Trinajstić information content (AvgIpc) is 3.29. The quantitative estimate of drug-likeness (QED) is 0.714. The fraction of sp³-hybridized carbons (Fsp3) is 0.667. The van der Waals surface area contributed by atoms with Crippen molar-refractivity contribution < 1.29 is 4.74 Å². The van der Waals surface area contributed by atoms with Gasteiger partial charge in [-0.25, -0.2) is 0 Å². The van der Waals surface area contributed by atoms with Crippen molar-refractivity contribution in [2.24, 2.45) is 5.92 Å². The summed E-state index contributed by atoms with van der Waals surface area (Å²) in [5.74, 6) is 1.92. The molecule has 0 radical (unpaired) electrons. The second kappa shape index (κ2) is 8.40. The van der Waals surface area contributed by atoms with Gasteiger partial charge in [0.15, 0.2) is 0 Å². The maximum atomic E-state index is 5.66.